The fourth-order valence-corrected chi connectivity index (χ4v) is 1.89. The molecule has 5 heteroatoms. The number of nitrogens with zero attached hydrogens (tertiary/aromatic N) is 3. The molecule has 1 aliphatic carbocycles. The highest BCUT2D eigenvalue weighted by Gasteiger charge is 2.29. The number of fused-ring (bicyclic) bond motifs is 1. The van der Waals surface area contributed by atoms with Crippen molar-refractivity contribution in [3.63, 3.8) is 0 Å². The quantitative estimate of drug-likeness (QED) is 0.722. The van der Waals surface area contributed by atoms with Gasteiger partial charge in [-0.3, -0.25) is 9.89 Å². The van der Waals surface area contributed by atoms with Crippen LogP contribution in [0.2, 0.25) is 0 Å². The van der Waals surface area contributed by atoms with Gasteiger partial charge in [-0.25, -0.2) is 5.06 Å². The van der Waals surface area contributed by atoms with Crippen molar-refractivity contribution >= 4 is 17.7 Å². The van der Waals surface area contributed by atoms with E-state index in [1.807, 2.05) is 4.68 Å². The molecule has 0 bridgehead atoms. The van der Waals surface area contributed by atoms with Gasteiger partial charge in [0.25, 0.3) is 0 Å². The van der Waals surface area contributed by atoms with Crippen LogP contribution in [0.1, 0.15) is 30.1 Å². The molecular formula is C9H10ClN3O. The van der Waals surface area contributed by atoms with Crippen molar-refractivity contribution in [3.8, 4) is 0 Å². The van der Waals surface area contributed by atoms with Crippen LogP contribution in [-0.4, -0.2) is 20.1 Å². The van der Waals surface area contributed by atoms with Crippen molar-refractivity contribution in [1.82, 2.24) is 14.8 Å². The van der Waals surface area contributed by atoms with E-state index in [9.17, 15) is 5.21 Å². The van der Waals surface area contributed by atoms with Crippen molar-refractivity contribution in [1.29, 1.82) is 0 Å². The zero-order chi connectivity index (χ0) is 9.71. The van der Waals surface area contributed by atoms with Gasteiger partial charge >= 0.3 is 0 Å². The first-order chi connectivity index (χ1) is 6.75. The monoisotopic (exact) mass is 211 g/mol. The molecular weight excluding hydrogens is 202 g/mol. The van der Waals surface area contributed by atoms with Gasteiger partial charge in [0, 0.05) is 11.6 Å². The number of hydrogen-bond donors (Lipinski definition) is 1. The van der Waals surface area contributed by atoms with Crippen molar-refractivity contribution in [3.05, 3.63) is 22.6 Å². The minimum atomic E-state index is 0.361. The van der Waals surface area contributed by atoms with Crippen LogP contribution in [0, 0.1) is 0 Å². The molecule has 74 valence electrons. The van der Waals surface area contributed by atoms with E-state index < -0.39 is 0 Å². The Bertz CT molecular complexity index is 408. The summed E-state index contributed by atoms with van der Waals surface area (Å²) >= 11 is 5.84. The Balaban J connectivity index is 2.07. The molecule has 14 heavy (non-hydrogen) atoms. The molecule has 0 aromatic carbocycles. The van der Waals surface area contributed by atoms with Crippen molar-refractivity contribution < 1.29 is 5.21 Å². The summed E-state index contributed by atoms with van der Waals surface area (Å²) in [5.74, 6) is 0. The van der Waals surface area contributed by atoms with Gasteiger partial charge in [0.05, 0.1) is 24.5 Å². The van der Waals surface area contributed by atoms with Crippen molar-refractivity contribution in [2.75, 3.05) is 0 Å². The zero-order valence-electron chi connectivity index (χ0n) is 7.52. The lowest BCUT2D eigenvalue weighted by Gasteiger charge is -2.20. The second kappa shape index (κ2) is 2.74. The molecule has 1 N–H and O–H groups in total. The van der Waals surface area contributed by atoms with Gasteiger partial charge < -0.3 is 0 Å². The highest BCUT2D eigenvalue weighted by atomic mass is 35.5. The lowest BCUT2D eigenvalue weighted by molar-refractivity contribution is -0.0553. The van der Waals surface area contributed by atoms with Crippen LogP contribution in [0.25, 0.3) is 6.08 Å². The number of hydroxylamine groups is 2. The fraction of sp³-hybridized carbons (Fsp3) is 0.444. The second-order valence-electron chi connectivity index (χ2n) is 3.76. The predicted octanol–water partition coefficient (Wildman–Crippen LogP) is 1.96. The SMILES string of the molecule is ON1Cc2cnn(C3CC3)c2C=C1Cl. The molecule has 0 radical (unpaired) electrons. The van der Waals surface area contributed by atoms with Crippen molar-refractivity contribution in [2.24, 2.45) is 0 Å². The van der Waals surface area contributed by atoms with Gasteiger partial charge in [0.1, 0.15) is 5.16 Å². The van der Waals surface area contributed by atoms with Gasteiger partial charge in [0.2, 0.25) is 0 Å². The highest BCUT2D eigenvalue weighted by Crippen LogP contribution is 2.37. The topological polar surface area (TPSA) is 41.3 Å². The summed E-state index contributed by atoms with van der Waals surface area (Å²) in [6.07, 6.45) is 5.97. The standard InChI is InChI=1S/C9H10ClN3O/c10-9-3-8-6(5-12(9)14)4-11-13(8)7-1-2-7/h3-4,7,14H,1-2,5H2. The number of halogens is 1. The molecule has 1 aliphatic heterocycles. The molecule has 0 saturated heterocycles. The molecule has 1 saturated carbocycles. The summed E-state index contributed by atoms with van der Waals surface area (Å²) in [6, 6.07) is 0.546. The van der Waals surface area contributed by atoms with Crippen molar-refractivity contribution in [2.45, 2.75) is 25.4 Å². The summed E-state index contributed by atoms with van der Waals surface area (Å²) < 4.78 is 2.00. The highest BCUT2D eigenvalue weighted by molar-refractivity contribution is 6.31. The zero-order valence-corrected chi connectivity index (χ0v) is 8.28. The van der Waals surface area contributed by atoms with Gasteiger partial charge in [-0.05, 0) is 12.8 Å². The van der Waals surface area contributed by atoms with E-state index in [0.717, 1.165) is 16.3 Å². The largest absolute Gasteiger partial charge is 0.287 e. The van der Waals surface area contributed by atoms with Crippen LogP contribution in [0.4, 0.5) is 0 Å². The molecule has 1 aromatic rings. The van der Waals surface area contributed by atoms with Gasteiger partial charge in [0.15, 0.2) is 0 Å². The third-order valence-electron chi connectivity index (χ3n) is 2.63. The van der Waals surface area contributed by atoms with E-state index in [1.54, 1.807) is 12.3 Å². The Morgan fingerprint density at radius 3 is 3.00 bits per heavy atom. The maximum atomic E-state index is 9.38. The number of aromatic nitrogens is 2. The molecule has 0 atom stereocenters. The van der Waals surface area contributed by atoms with Crippen LogP contribution in [0.3, 0.4) is 0 Å². The Kier molecular flexibility index (Phi) is 1.63. The summed E-state index contributed by atoms with van der Waals surface area (Å²) in [4.78, 5) is 0. The third-order valence-corrected chi connectivity index (χ3v) is 2.93. The summed E-state index contributed by atoms with van der Waals surface area (Å²) in [5, 5.41) is 15.1. The predicted molar refractivity (Wildman–Crippen MR) is 51.7 cm³/mol. The Labute approximate surface area is 86.3 Å². The molecule has 1 aromatic heterocycles. The summed E-state index contributed by atoms with van der Waals surface area (Å²) in [6.45, 7) is 0.428. The van der Waals surface area contributed by atoms with E-state index in [4.69, 9.17) is 11.6 Å². The molecule has 3 rings (SSSR count). The minimum Gasteiger partial charge on any atom is -0.287 e. The van der Waals surface area contributed by atoms with Crippen LogP contribution < -0.4 is 0 Å². The van der Waals surface area contributed by atoms with Gasteiger partial charge in [-0.2, -0.15) is 5.10 Å². The summed E-state index contributed by atoms with van der Waals surface area (Å²) in [7, 11) is 0. The smallest absolute Gasteiger partial charge is 0.131 e. The first-order valence-corrected chi connectivity index (χ1v) is 5.03. The molecule has 0 spiro atoms. The lowest BCUT2D eigenvalue weighted by atomic mass is 10.2. The minimum absolute atomic E-state index is 0.361. The van der Waals surface area contributed by atoms with E-state index in [1.165, 1.54) is 12.8 Å². The third kappa shape index (κ3) is 1.14. The van der Waals surface area contributed by atoms with Crippen LogP contribution in [0.5, 0.6) is 0 Å². The maximum Gasteiger partial charge on any atom is 0.131 e. The summed E-state index contributed by atoms with van der Waals surface area (Å²) in [5.41, 5.74) is 2.08. The molecule has 4 nitrogen and oxygen atoms in total. The van der Waals surface area contributed by atoms with Crippen LogP contribution in [-0.2, 0) is 6.54 Å². The van der Waals surface area contributed by atoms with Crippen LogP contribution >= 0.6 is 11.6 Å². The molecule has 2 aliphatic rings. The Morgan fingerprint density at radius 2 is 2.29 bits per heavy atom. The van der Waals surface area contributed by atoms with E-state index in [2.05, 4.69) is 5.10 Å². The molecule has 0 unspecified atom stereocenters. The second-order valence-corrected chi connectivity index (χ2v) is 4.14. The average molecular weight is 212 g/mol. The fourth-order valence-electron chi connectivity index (χ4n) is 1.72. The maximum absolute atomic E-state index is 9.38. The number of hydrogen-bond acceptors (Lipinski definition) is 3. The Morgan fingerprint density at radius 1 is 1.50 bits per heavy atom. The molecule has 0 amide bonds. The lowest BCUT2D eigenvalue weighted by Crippen LogP contribution is -2.19. The Hall–Kier alpha value is -1.000. The first kappa shape index (κ1) is 8.32. The van der Waals surface area contributed by atoms with E-state index in [0.29, 0.717) is 17.7 Å². The number of rotatable bonds is 1. The van der Waals surface area contributed by atoms with E-state index >= 15 is 0 Å². The van der Waals surface area contributed by atoms with Crippen LogP contribution in [0.15, 0.2) is 11.4 Å². The van der Waals surface area contributed by atoms with Gasteiger partial charge in [-0.15, -0.1) is 0 Å². The van der Waals surface area contributed by atoms with E-state index in [-0.39, 0.29) is 0 Å². The van der Waals surface area contributed by atoms with Gasteiger partial charge in [-0.1, -0.05) is 11.6 Å². The average Bonchev–Trinajstić information content (AvgIpc) is 2.91. The normalized spacial score (nSPS) is 20.7. The molecule has 2 heterocycles. The first-order valence-electron chi connectivity index (χ1n) is 4.65. The molecule has 1 fully saturated rings.